The van der Waals surface area contributed by atoms with Crippen LogP contribution in [0.4, 0.5) is 5.69 Å². The number of hydrogen-bond acceptors (Lipinski definition) is 5. The zero-order valence-corrected chi connectivity index (χ0v) is 17.8. The Balaban J connectivity index is 1.59. The Morgan fingerprint density at radius 2 is 1.76 bits per heavy atom. The molecular formula is C23H25NO4S. The molecule has 2 aromatic rings. The van der Waals surface area contributed by atoms with E-state index < -0.39 is 17.3 Å². The molecule has 0 unspecified atom stereocenters. The molecule has 0 aromatic heterocycles. The Hall–Kier alpha value is -2.60. The van der Waals surface area contributed by atoms with Crippen molar-refractivity contribution in [2.24, 2.45) is 0 Å². The predicted molar refractivity (Wildman–Crippen MR) is 114 cm³/mol. The number of fused-ring (bicyclic) bond motifs is 1. The first kappa shape index (κ1) is 21.1. The van der Waals surface area contributed by atoms with Crippen molar-refractivity contribution < 1.29 is 19.1 Å². The van der Waals surface area contributed by atoms with Crippen LogP contribution in [-0.4, -0.2) is 29.0 Å². The Kier molecular flexibility index (Phi) is 6.13. The molecule has 1 heterocycles. The second kappa shape index (κ2) is 8.41. The highest BCUT2D eigenvalue weighted by Crippen LogP contribution is 2.36. The molecule has 0 bridgehead atoms. The van der Waals surface area contributed by atoms with Crippen LogP contribution in [0.3, 0.4) is 0 Å². The standard InChI is InChI=1S/C23H25NO4S/c1-14(21(26)15-9-11-16(12-10-15)23(2,3)4)28-20(25)13-19-22(27)24-17-7-5-6-8-18(17)29-19/h5-12,14,19H,13H2,1-4H3,(H,24,27)/t14-,19-/m1/s1. The first-order chi connectivity index (χ1) is 13.6. The van der Waals surface area contributed by atoms with Gasteiger partial charge in [0.25, 0.3) is 0 Å². The Bertz CT molecular complexity index is 931. The lowest BCUT2D eigenvalue weighted by Gasteiger charge is -2.23. The van der Waals surface area contributed by atoms with Crippen LogP contribution >= 0.6 is 11.8 Å². The summed E-state index contributed by atoms with van der Waals surface area (Å²) in [7, 11) is 0. The third-order valence-corrected chi connectivity index (χ3v) is 6.05. The average molecular weight is 412 g/mol. The molecule has 29 heavy (non-hydrogen) atoms. The number of ketones is 1. The summed E-state index contributed by atoms with van der Waals surface area (Å²) in [5.41, 5.74) is 2.36. The molecular weight excluding hydrogens is 386 g/mol. The van der Waals surface area contributed by atoms with Crippen molar-refractivity contribution in [3.8, 4) is 0 Å². The average Bonchev–Trinajstić information content (AvgIpc) is 2.67. The predicted octanol–water partition coefficient (Wildman–Crippen LogP) is 4.60. The molecule has 2 aromatic carbocycles. The lowest BCUT2D eigenvalue weighted by molar-refractivity contribution is -0.147. The number of amides is 1. The Labute approximate surface area is 175 Å². The first-order valence-corrected chi connectivity index (χ1v) is 10.4. The van der Waals surface area contributed by atoms with Gasteiger partial charge in [-0.2, -0.15) is 0 Å². The number of Topliss-reactive ketones (excluding diaryl/α,β-unsaturated/α-hetero) is 1. The maximum atomic E-state index is 12.6. The molecule has 5 nitrogen and oxygen atoms in total. The first-order valence-electron chi connectivity index (χ1n) is 9.56. The molecule has 3 rings (SSSR count). The molecule has 0 radical (unpaired) electrons. The topological polar surface area (TPSA) is 72.5 Å². The minimum Gasteiger partial charge on any atom is -0.454 e. The van der Waals surface area contributed by atoms with Crippen molar-refractivity contribution in [3.05, 3.63) is 59.7 Å². The van der Waals surface area contributed by atoms with Gasteiger partial charge in [0.2, 0.25) is 11.7 Å². The molecule has 0 fully saturated rings. The highest BCUT2D eigenvalue weighted by Gasteiger charge is 2.30. The largest absolute Gasteiger partial charge is 0.454 e. The number of esters is 1. The van der Waals surface area contributed by atoms with Gasteiger partial charge in [-0.15, -0.1) is 11.8 Å². The molecule has 0 saturated carbocycles. The summed E-state index contributed by atoms with van der Waals surface area (Å²) >= 11 is 1.33. The molecule has 1 amide bonds. The lowest BCUT2D eigenvalue weighted by atomic mass is 9.86. The Morgan fingerprint density at radius 1 is 1.10 bits per heavy atom. The summed E-state index contributed by atoms with van der Waals surface area (Å²) < 4.78 is 5.32. The summed E-state index contributed by atoms with van der Waals surface area (Å²) in [6.07, 6.45) is -1.00. The van der Waals surface area contributed by atoms with Crippen molar-refractivity contribution in [2.45, 2.75) is 55.8 Å². The summed E-state index contributed by atoms with van der Waals surface area (Å²) in [5, 5.41) is 2.22. The monoisotopic (exact) mass is 411 g/mol. The number of ether oxygens (including phenoxy) is 1. The van der Waals surface area contributed by atoms with E-state index >= 15 is 0 Å². The van der Waals surface area contributed by atoms with Gasteiger partial charge in [-0.1, -0.05) is 57.2 Å². The number of benzene rings is 2. The number of carbonyl (C=O) groups excluding carboxylic acids is 3. The van der Waals surface area contributed by atoms with Gasteiger partial charge in [-0.3, -0.25) is 14.4 Å². The van der Waals surface area contributed by atoms with Crippen LogP contribution < -0.4 is 5.32 Å². The van der Waals surface area contributed by atoms with E-state index in [-0.39, 0.29) is 23.5 Å². The molecule has 152 valence electrons. The van der Waals surface area contributed by atoms with E-state index in [1.807, 2.05) is 36.4 Å². The molecule has 6 heteroatoms. The minimum atomic E-state index is -0.910. The minimum absolute atomic E-state index is 0.00346. The van der Waals surface area contributed by atoms with Gasteiger partial charge in [0, 0.05) is 10.5 Å². The SMILES string of the molecule is C[C@@H](OC(=O)C[C@H]1Sc2ccccc2NC1=O)C(=O)c1ccc(C(C)(C)C)cc1. The zero-order chi connectivity index (χ0) is 21.2. The number of thioether (sulfide) groups is 1. The van der Waals surface area contributed by atoms with E-state index in [0.717, 1.165) is 16.1 Å². The number of para-hydroxylation sites is 1. The summed E-state index contributed by atoms with van der Waals surface area (Å²) in [5.74, 6) is -1.06. The number of hydrogen-bond donors (Lipinski definition) is 1. The third kappa shape index (κ3) is 5.07. The number of nitrogens with one attached hydrogen (secondary N) is 1. The van der Waals surface area contributed by atoms with Gasteiger partial charge in [0.05, 0.1) is 17.4 Å². The van der Waals surface area contributed by atoms with Crippen LogP contribution in [0.25, 0.3) is 0 Å². The van der Waals surface area contributed by atoms with Crippen LogP contribution in [0.15, 0.2) is 53.4 Å². The van der Waals surface area contributed by atoms with E-state index in [0.29, 0.717) is 5.56 Å². The second-order valence-electron chi connectivity index (χ2n) is 8.12. The van der Waals surface area contributed by atoms with E-state index in [1.165, 1.54) is 11.8 Å². The van der Waals surface area contributed by atoms with Crippen molar-refractivity contribution in [1.29, 1.82) is 0 Å². The van der Waals surface area contributed by atoms with Gasteiger partial charge in [-0.05, 0) is 30.0 Å². The van der Waals surface area contributed by atoms with E-state index in [9.17, 15) is 14.4 Å². The normalized spacial score (nSPS) is 17.1. The summed E-state index contributed by atoms with van der Waals surface area (Å²) in [6.45, 7) is 7.87. The van der Waals surface area contributed by atoms with Crippen LogP contribution in [0.1, 0.15) is 50.0 Å². The van der Waals surface area contributed by atoms with Crippen LogP contribution in [0.2, 0.25) is 0 Å². The molecule has 2 atom stereocenters. The van der Waals surface area contributed by atoms with Gasteiger partial charge in [0.15, 0.2) is 6.10 Å². The third-order valence-electron chi connectivity index (χ3n) is 4.77. The van der Waals surface area contributed by atoms with Gasteiger partial charge in [0.1, 0.15) is 0 Å². The van der Waals surface area contributed by atoms with Crippen molar-refractivity contribution in [2.75, 3.05) is 5.32 Å². The number of rotatable bonds is 5. The Morgan fingerprint density at radius 3 is 2.41 bits per heavy atom. The lowest BCUT2D eigenvalue weighted by Crippen LogP contribution is -2.33. The molecule has 1 aliphatic heterocycles. The number of carbonyl (C=O) groups is 3. The van der Waals surface area contributed by atoms with E-state index in [1.54, 1.807) is 19.1 Å². The van der Waals surface area contributed by atoms with Crippen LogP contribution in [-0.2, 0) is 19.7 Å². The molecule has 0 spiro atoms. The number of anilines is 1. The van der Waals surface area contributed by atoms with Crippen molar-refractivity contribution in [1.82, 2.24) is 0 Å². The zero-order valence-electron chi connectivity index (χ0n) is 17.0. The van der Waals surface area contributed by atoms with E-state index in [4.69, 9.17) is 4.74 Å². The van der Waals surface area contributed by atoms with Gasteiger partial charge >= 0.3 is 5.97 Å². The highest BCUT2D eigenvalue weighted by atomic mass is 32.2. The molecule has 0 saturated heterocycles. The smallest absolute Gasteiger partial charge is 0.308 e. The van der Waals surface area contributed by atoms with Crippen LogP contribution in [0.5, 0.6) is 0 Å². The second-order valence-corrected chi connectivity index (χ2v) is 9.36. The maximum absolute atomic E-state index is 12.6. The molecule has 0 aliphatic carbocycles. The van der Waals surface area contributed by atoms with E-state index in [2.05, 4.69) is 26.1 Å². The summed E-state index contributed by atoms with van der Waals surface area (Å²) in [4.78, 5) is 38.1. The summed E-state index contributed by atoms with van der Waals surface area (Å²) in [6, 6.07) is 14.8. The molecule has 1 aliphatic rings. The maximum Gasteiger partial charge on any atom is 0.308 e. The van der Waals surface area contributed by atoms with Gasteiger partial charge in [-0.25, -0.2) is 0 Å². The fourth-order valence-electron chi connectivity index (χ4n) is 3.05. The van der Waals surface area contributed by atoms with Crippen LogP contribution in [0, 0.1) is 0 Å². The molecule has 1 N–H and O–H groups in total. The van der Waals surface area contributed by atoms with Gasteiger partial charge < -0.3 is 10.1 Å². The quantitative estimate of drug-likeness (QED) is 0.575. The van der Waals surface area contributed by atoms with Crippen molar-refractivity contribution in [3.63, 3.8) is 0 Å². The highest BCUT2D eigenvalue weighted by molar-refractivity contribution is 8.01. The van der Waals surface area contributed by atoms with Crippen molar-refractivity contribution >= 4 is 35.1 Å². The fourth-order valence-corrected chi connectivity index (χ4v) is 4.14. The fraction of sp³-hybridized carbons (Fsp3) is 0.348.